The summed E-state index contributed by atoms with van der Waals surface area (Å²) < 4.78 is 33.3. The molecule has 0 unspecified atom stereocenters. The van der Waals surface area contributed by atoms with Gasteiger partial charge in [-0.15, -0.1) is 0 Å². The molecule has 0 saturated carbocycles. The van der Waals surface area contributed by atoms with Crippen LogP contribution in [0.2, 0.25) is 0 Å². The summed E-state index contributed by atoms with van der Waals surface area (Å²) >= 11 is 0. The van der Waals surface area contributed by atoms with E-state index < -0.39 is 56.0 Å². The molecule has 3 aromatic rings. The lowest BCUT2D eigenvalue weighted by atomic mass is 10.1. The van der Waals surface area contributed by atoms with Crippen LogP contribution in [0, 0.1) is 31.9 Å². The van der Waals surface area contributed by atoms with Gasteiger partial charge in [-0.3, -0.25) is 29.8 Å². The van der Waals surface area contributed by atoms with Gasteiger partial charge < -0.3 is 15.4 Å². The van der Waals surface area contributed by atoms with Crippen LogP contribution in [0.25, 0.3) is 0 Å². The van der Waals surface area contributed by atoms with E-state index >= 15 is 0 Å². The maximum atomic E-state index is 14.2. The minimum Gasteiger partial charge on any atom is -0.496 e. The lowest BCUT2D eigenvalue weighted by molar-refractivity contribution is -0.384. The Labute approximate surface area is 189 Å². The Morgan fingerprint density at radius 1 is 0.824 bits per heavy atom. The second-order valence-corrected chi connectivity index (χ2v) is 6.61. The highest BCUT2D eigenvalue weighted by Gasteiger charge is 2.24. The minimum atomic E-state index is -1.07. The van der Waals surface area contributed by atoms with Crippen LogP contribution in [0.4, 0.5) is 31.5 Å². The molecule has 0 atom stereocenters. The Bertz CT molecular complexity index is 1330. The van der Waals surface area contributed by atoms with Crippen LogP contribution >= 0.6 is 0 Å². The zero-order valence-corrected chi connectivity index (χ0v) is 17.2. The van der Waals surface area contributed by atoms with Crippen LogP contribution in [0.5, 0.6) is 5.75 Å². The summed E-state index contributed by atoms with van der Waals surface area (Å²) in [6, 6.07) is 9.40. The number of amides is 2. The summed E-state index contributed by atoms with van der Waals surface area (Å²) in [5, 5.41) is 26.5. The van der Waals surface area contributed by atoms with E-state index in [2.05, 4.69) is 10.6 Å². The average molecular weight is 472 g/mol. The van der Waals surface area contributed by atoms with E-state index in [0.717, 1.165) is 42.5 Å². The number of methoxy groups -OCH3 is 1. The van der Waals surface area contributed by atoms with Crippen molar-refractivity contribution >= 4 is 34.6 Å². The van der Waals surface area contributed by atoms with E-state index in [1.54, 1.807) is 0 Å². The molecule has 0 fully saturated rings. The maximum absolute atomic E-state index is 14.2. The summed E-state index contributed by atoms with van der Waals surface area (Å²) in [6.07, 6.45) is 0. The number of benzene rings is 3. The molecule has 174 valence electrons. The first-order chi connectivity index (χ1) is 16.1. The number of nitro groups is 2. The molecule has 0 saturated heterocycles. The predicted octanol–water partition coefficient (Wildman–Crippen LogP) is 4.29. The van der Waals surface area contributed by atoms with Crippen molar-refractivity contribution < 1.29 is 33.0 Å². The van der Waals surface area contributed by atoms with E-state index in [-0.39, 0.29) is 16.9 Å². The Hall–Kier alpha value is -4.94. The second kappa shape index (κ2) is 9.68. The zero-order chi connectivity index (χ0) is 25.0. The van der Waals surface area contributed by atoms with Gasteiger partial charge in [0, 0.05) is 17.7 Å². The number of carbonyl (C=O) groups is 2. The van der Waals surface area contributed by atoms with Crippen molar-refractivity contribution in [3.05, 3.63) is 97.6 Å². The van der Waals surface area contributed by atoms with E-state index in [9.17, 15) is 38.6 Å². The molecule has 0 bridgehead atoms. The molecule has 0 aromatic heterocycles. The highest BCUT2D eigenvalue weighted by molar-refractivity contribution is 6.11. The van der Waals surface area contributed by atoms with Gasteiger partial charge in [0.2, 0.25) is 0 Å². The quantitative estimate of drug-likeness (QED) is 0.384. The molecule has 34 heavy (non-hydrogen) atoms. The topological polar surface area (TPSA) is 154 Å². The number of nitrogens with one attached hydrogen (secondary N) is 2. The predicted molar refractivity (Wildman–Crippen MR) is 115 cm³/mol. The number of halogens is 2. The summed E-state index contributed by atoms with van der Waals surface area (Å²) in [6.45, 7) is 0. The van der Waals surface area contributed by atoms with Gasteiger partial charge in [-0.1, -0.05) is 12.1 Å². The molecular formula is C21H14F2N4O7. The zero-order valence-electron chi connectivity index (χ0n) is 17.2. The minimum absolute atomic E-state index is 0.0649. The highest BCUT2D eigenvalue weighted by Crippen LogP contribution is 2.30. The Morgan fingerprint density at radius 3 is 1.79 bits per heavy atom. The third-order valence-corrected chi connectivity index (χ3v) is 4.56. The van der Waals surface area contributed by atoms with Crippen LogP contribution in [0.1, 0.15) is 20.7 Å². The van der Waals surface area contributed by atoms with Gasteiger partial charge in [0.15, 0.2) is 23.0 Å². The fourth-order valence-electron chi connectivity index (χ4n) is 2.97. The van der Waals surface area contributed by atoms with Crippen LogP contribution < -0.4 is 15.4 Å². The Kier molecular flexibility index (Phi) is 6.76. The molecule has 11 nitrogen and oxygen atoms in total. The SMILES string of the molecule is COc1ccc(C(=O)Nc2c(F)cccc2[N+](=O)[O-])cc1C(=O)Nc1c(F)cccc1[N+](=O)[O-]. The summed E-state index contributed by atoms with van der Waals surface area (Å²) in [5.41, 5.74) is -3.31. The molecule has 0 radical (unpaired) electrons. The molecule has 0 aliphatic heterocycles. The van der Waals surface area contributed by atoms with Crippen LogP contribution in [-0.2, 0) is 0 Å². The van der Waals surface area contributed by atoms with Gasteiger partial charge in [0.1, 0.15) is 5.75 Å². The standard InChI is InChI=1S/C21H14F2N4O7/c1-34-17-9-8-11(20(28)24-18-13(22)4-2-6-15(18)26(30)31)10-12(17)21(29)25-19-14(23)5-3-7-16(19)27(32)33/h2-10H,1H3,(H,24,28)(H,25,29). The summed E-state index contributed by atoms with van der Waals surface area (Å²) in [5.74, 6) is -4.23. The number of carbonyl (C=O) groups excluding carboxylic acids is 2. The average Bonchev–Trinajstić information content (AvgIpc) is 2.80. The molecule has 0 aliphatic carbocycles. The number of hydrogen-bond donors (Lipinski definition) is 2. The smallest absolute Gasteiger partial charge is 0.295 e. The fourth-order valence-corrected chi connectivity index (χ4v) is 2.97. The number of nitro benzene ring substituents is 2. The lowest BCUT2D eigenvalue weighted by Gasteiger charge is -2.12. The molecule has 3 rings (SSSR count). The van der Waals surface area contributed by atoms with Gasteiger partial charge in [-0.05, 0) is 30.3 Å². The van der Waals surface area contributed by atoms with Crippen LogP contribution in [0.3, 0.4) is 0 Å². The van der Waals surface area contributed by atoms with Gasteiger partial charge in [0.05, 0.1) is 22.5 Å². The van der Waals surface area contributed by atoms with Crippen LogP contribution in [0.15, 0.2) is 54.6 Å². The molecule has 0 spiro atoms. The molecule has 3 aromatic carbocycles. The molecule has 2 N–H and O–H groups in total. The monoisotopic (exact) mass is 472 g/mol. The largest absolute Gasteiger partial charge is 0.496 e. The lowest BCUT2D eigenvalue weighted by Crippen LogP contribution is -2.18. The maximum Gasteiger partial charge on any atom is 0.295 e. The van der Waals surface area contributed by atoms with Crippen LogP contribution in [-0.4, -0.2) is 28.8 Å². The number of nitrogens with zero attached hydrogens (tertiary/aromatic N) is 2. The molecular weight excluding hydrogens is 458 g/mol. The van der Waals surface area contributed by atoms with Crippen molar-refractivity contribution in [3.8, 4) is 5.75 Å². The number of rotatable bonds is 7. The van der Waals surface area contributed by atoms with Crippen molar-refractivity contribution in [2.24, 2.45) is 0 Å². The molecule has 2 amide bonds. The highest BCUT2D eigenvalue weighted by atomic mass is 19.1. The summed E-state index contributed by atoms with van der Waals surface area (Å²) in [4.78, 5) is 46.0. The number of para-hydroxylation sites is 2. The van der Waals surface area contributed by atoms with Gasteiger partial charge in [-0.2, -0.15) is 0 Å². The summed E-state index contributed by atoms with van der Waals surface area (Å²) in [7, 11) is 1.21. The number of hydrogen-bond acceptors (Lipinski definition) is 7. The molecule has 0 heterocycles. The van der Waals surface area contributed by atoms with Crippen molar-refractivity contribution in [3.63, 3.8) is 0 Å². The normalized spacial score (nSPS) is 10.3. The van der Waals surface area contributed by atoms with Gasteiger partial charge >= 0.3 is 0 Å². The fraction of sp³-hybridized carbons (Fsp3) is 0.0476. The third-order valence-electron chi connectivity index (χ3n) is 4.56. The Balaban J connectivity index is 1.96. The first-order valence-electron chi connectivity index (χ1n) is 9.30. The van der Waals surface area contributed by atoms with Crippen molar-refractivity contribution in [2.75, 3.05) is 17.7 Å². The van der Waals surface area contributed by atoms with E-state index in [0.29, 0.717) is 0 Å². The van der Waals surface area contributed by atoms with Gasteiger partial charge in [0.25, 0.3) is 23.2 Å². The van der Waals surface area contributed by atoms with Gasteiger partial charge in [-0.25, -0.2) is 8.78 Å². The molecule has 13 heteroatoms. The van der Waals surface area contributed by atoms with Crippen molar-refractivity contribution in [1.29, 1.82) is 0 Å². The number of ether oxygens (including phenoxy) is 1. The van der Waals surface area contributed by atoms with E-state index in [1.165, 1.54) is 19.2 Å². The Morgan fingerprint density at radius 2 is 1.32 bits per heavy atom. The van der Waals surface area contributed by atoms with Crippen molar-refractivity contribution in [1.82, 2.24) is 0 Å². The van der Waals surface area contributed by atoms with Crippen molar-refractivity contribution in [2.45, 2.75) is 0 Å². The van der Waals surface area contributed by atoms with E-state index in [4.69, 9.17) is 4.74 Å². The second-order valence-electron chi connectivity index (χ2n) is 6.61. The number of anilines is 2. The van der Waals surface area contributed by atoms with E-state index in [1.807, 2.05) is 0 Å². The molecule has 0 aliphatic rings. The third kappa shape index (κ3) is 4.77. The first kappa shape index (κ1) is 23.7. The first-order valence-corrected chi connectivity index (χ1v) is 9.30.